The molecular formula is C18H17NO4S. The molecule has 0 saturated heterocycles. The monoisotopic (exact) mass is 343 g/mol. The molecule has 0 aliphatic carbocycles. The van der Waals surface area contributed by atoms with Crippen molar-refractivity contribution < 1.29 is 17.3 Å². The Labute approximate surface area is 141 Å². The first kappa shape index (κ1) is 16.4. The van der Waals surface area contributed by atoms with Gasteiger partial charge in [-0.3, -0.25) is 4.18 Å². The van der Waals surface area contributed by atoms with Crippen LogP contribution in [0.15, 0.2) is 60.7 Å². The van der Waals surface area contributed by atoms with E-state index in [1.165, 1.54) is 0 Å². The highest BCUT2D eigenvalue weighted by atomic mass is 32.2. The minimum Gasteiger partial charge on any atom is -0.487 e. The number of ether oxygens (including phenoxy) is 1. The maximum Gasteiger partial charge on any atom is 0.264 e. The maximum atomic E-state index is 11.0. The van der Waals surface area contributed by atoms with Crippen molar-refractivity contribution in [2.45, 2.75) is 13.2 Å². The Balaban J connectivity index is 1.67. The van der Waals surface area contributed by atoms with Crippen LogP contribution in [0.1, 0.15) is 11.3 Å². The predicted octanol–water partition coefficient (Wildman–Crippen LogP) is 3.29. The molecule has 124 valence electrons. The molecular weight excluding hydrogens is 326 g/mol. The third-order valence-corrected chi connectivity index (χ3v) is 3.93. The van der Waals surface area contributed by atoms with E-state index in [-0.39, 0.29) is 6.61 Å². The van der Waals surface area contributed by atoms with Crippen molar-refractivity contribution >= 4 is 21.0 Å². The highest BCUT2D eigenvalue weighted by molar-refractivity contribution is 7.85. The molecule has 0 unspecified atom stereocenters. The molecule has 0 atom stereocenters. The predicted molar refractivity (Wildman–Crippen MR) is 92.1 cm³/mol. The average molecular weight is 343 g/mol. The SMILES string of the molecule is CS(=O)(=O)OCc1cccc(OCc2ccc3ccccc3n2)c1. The van der Waals surface area contributed by atoms with Crippen molar-refractivity contribution in [1.29, 1.82) is 0 Å². The lowest BCUT2D eigenvalue weighted by Gasteiger charge is -2.08. The summed E-state index contributed by atoms with van der Waals surface area (Å²) in [6, 6.07) is 19.0. The fourth-order valence-electron chi connectivity index (χ4n) is 2.25. The number of aromatic nitrogens is 1. The summed E-state index contributed by atoms with van der Waals surface area (Å²) in [5, 5.41) is 1.08. The molecule has 3 aromatic rings. The highest BCUT2D eigenvalue weighted by Crippen LogP contribution is 2.17. The second kappa shape index (κ2) is 6.98. The van der Waals surface area contributed by atoms with Crippen LogP contribution in [0.4, 0.5) is 0 Å². The van der Waals surface area contributed by atoms with Gasteiger partial charge in [0.05, 0.1) is 24.1 Å². The van der Waals surface area contributed by atoms with Crippen LogP contribution in [0.5, 0.6) is 5.75 Å². The number of nitrogens with zero attached hydrogens (tertiary/aromatic N) is 1. The molecule has 24 heavy (non-hydrogen) atoms. The average Bonchev–Trinajstić information content (AvgIpc) is 2.58. The highest BCUT2D eigenvalue weighted by Gasteiger charge is 2.04. The molecule has 0 bridgehead atoms. The van der Waals surface area contributed by atoms with E-state index in [4.69, 9.17) is 8.92 Å². The number of fused-ring (bicyclic) bond motifs is 1. The summed E-state index contributed by atoms with van der Waals surface area (Å²) in [6.07, 6.45) is 1.03. The second-order valence-electron chi connectivity index (χ2n) is 5.40. The van der Waals surface area contributed by atoms with Gasteiger partial charge >= 0.3 is 0 Å². The molecule has 0 aliphatic rings. The third kappa shape index (κ3) is 4.53. The van der Waals surface area contributed by atoms with Gasteiger partial charge in [-0.25, -0.2) is 4.98 Å². The molecule has 1 heterocycles. The first-order chi connectivity index (χ1) is 11.5. The van der Waals surface area contributed by atoms with Crippen LogP contribution in [-0.2, 0) is 27.5 Å². The van der Waals surface area contributed by atoms with Crippen LogP contribution < -0.4 is 4.74 Å². The van der Waals surface area contributed by atoms with Gasteiger partial charge in [0.1, 0.15) is 12.4 Å². The Hall–Kier alpha value is -2.44. The molecule has 6 heteroatoms. The van der Waals surface area contributed by atoms with E-state index in [2.05, 4.69) is 4.98 Å². The Bertz CT molecular complexity index is 954. The molecule has 0 spiro atoms. The number of rotatable bonds is 6. The molecule has 5 nitrogen and oxygen atoms in total. The standard InChI is InChI=1S/C18H17NO4S/c1-24(20,21)23-12-14-5-4-7-17(11-14)22-13-16-10-9-15-6-2-3-8-18(15)19-16/h2-11H,12-13H2,1H3. The van der Waals surface area contributed by atoms with Crippen molar-refractivity contribution in [3.63, 3.8) is 0 Å². The molecule has 0 fully saturated rings. The van der Waals surface area contributed by atoms with Crippen molar-refractivity contribution in [1.82, 2.24) is 4.98 Å². The van der Waals surface area contributed by atoms with Crippen molar-refractivity contribution in [3.05, 3.63) is 71.9 Å². The minimum atomic E-state index is -3.46. The number of pyridine rings is 1. The molecule has 0 amide bonds. The molecule has 2 aromatic carbocycles. The summed E-state index contributed by atoms with van der Waals surface area (Å²) >= 11 is 0. The lowest BCUT2D eigenvalue weighted by Crippen LogP contribution is -2.03. The number of hydrogen-bond acceptors (Lipinski definition) is 5. The van der Waals surface area contributed by atoms with Gasteiger partial charge in [0, 0.05) is 5.39 Å². The van der Waals surface area contributed by atoms with Gasteiger partial charge in [0.2, 0.25) is 0 Å². The van der Waals surface area contributed by atoms with Gasteiger partial charge < -0.3 is 4.74 Å². The van der Waals surface area contributed by atoms with Crippen LogP contribution >= 0.6 is 0 Å². The molecule has 0 aliphatic heterocycles. The summed E-state index contributed by atoms with van der Waals surface area (Å²) in [4.78, 5) is 4.55. The third-order valence-electron chi connectivity index (χ3n) is 3.38. The maximum absolute atomic E-state index is 11.0. The Kier molecular flexibility index (Phi) is 4.78. The van der Waals surface area contributed by atoms with Crippen molar-refractivity contribution in [2.24, 2.45) is 0 Å². The zero-order chi connectivity index (χ0) is 17.0. The fraction of sp³-hybridized carbons (Fsp3) is 0.167. The Morgan fingerprint density at radius 1 is 0.958 bits per heavy atom. The van der Waals surface area contributed by atoms with Gasteiger partial charge in [0.15, 0.2) is 0 Å². The van der Waals surface area contributed by atoms with Crippen molar-refractivity contribution in [3.8, 4) is 5.75 Å². The van der Waals surface area contributed by atoms with E-state index >= 15 is 0 Å². The summed E-state index contributed by atoms with van der Waals surface area (Å²) in [7, 11) is -3.46. The van der Waals surface area contributed by atoms with Gasteiger partial charge in [-0.15, -0.1) is 0 Å². The van der Waals surface area contributed by atoms with E-state index in [1.54, 1.807) is 18.2 Å². The molecule has 0 radical (unpaired) electrons. The van der Waals surface area contributed by atoms with E-state index in [9.17, 15) is 8.42 Å². The fourth-order valence-corrected chi connectivity index (χ4v) is 2.60. The number of benzene rings is 2. The lowest BCUT2D eigenvalue weighted by atomic mass is 10.2. The van der Waals surface area contributed by atoms with Gasteiger partial charge in [0.25, 0.3) is 10.1 Å². The molecule has 1 aromatic heterocycles. The van der Waals surface area contributed by atoms with Crippen molar-refractivity contribution in [2.75, 3.05) is 6.26 Å². The smallest absolute Gasteiger partial charge is 0.264 e. The van der Waals surface area contributed by atoms with E-state index in [0.717, 1.165) is 28.4 Å². The normalized spacial score (nSPS) is 11.5. The van der Waals surface area contributed by atoms with Gasteiger partial charge in [-0.2, -0.15) is 8.42 Å². The van der Waals surface area contributed by atoms with Crippen LogP contribution in [0.25, 0.3) is 10.9 Å². The molecule has 0 saturated carbocycles. The van der Waals surface area contributed by atoms with Crippen LogP contribution in [-0.4, -0.2) is 19.7 Å². The minimum absolute atomic E-state index is 0.00966. The summed E-state index contributed by atoms with van der Waals surface area (Å²) in [6.45, 7) is 0.325. The quantitative estimate of drug-likeness (QED) is 0.643. The first-order valence-corrected chi connectivity index (χ1v) is 9.22. The summed E-state index contributed by atoms with van der Waals surface area (Å²) in [5.41, 5.74) is 2.48. The van der Waals surface area contributed by atoms with E-state index in [1.807, 2.05) is 42.5 Å². The Morgan fingerprint density at radius 2 is 1.79 bits per heavy atom. The summed E-state index contributed by atoms with van der Waals surface area (Å²) in [5.74, 6) is 0.638. The molecule has 0 N–H and O–H groups in total. The number of hydrogen-bond donors (Lipinski definition) is 0. The topological polar surface area (TPSA) is 65.5 Å². The first-order valence-electron chi connectivity index (χ1n) is 7.40. The van der Waals surface area contributed by atoms with E-state index in [0.29, 0.717) is 12.4 Å². The van der Waals surface area contributed by atoms with Gasteiger partial charge in [-0.05, 0) is 29.8 Å². The second-order valence-corrected chi connectivity index (χ2v) is 7.04. The lowest BCUT2D eigenvalue weighted by molar-refractivity contribution is 0.295. The zero-order valence-electron chi connectivity index (χ0n) is 13.2. The number of para-hydroxylation sites is 1. The van der Waals surface area contributed by atoms with Crippen LogP contribution in [0.3, 0.4) is 0 Å². The summed E-state index contributed by atoms with van der Waals surface area (Å²) < 4.78 is 32.6. The van der Waals surface area contributed by atoms with Crippen LogP contribution in [0, 0.1) is 0 Å². The largest absolute Gasteiger partial charge is 0.487 e. The molecule has 3 rings (SSSR count). The van der Waals surface area contributed by atoms with E-state index < -0.39 is 10.1 Å². The Morgan fingerprint density at radius 3 is 2.62 bits per heavy atom. The van der Waals surface area contributed by atoms with Gasteiger partial charge in [-0.1, -0.05) is 36.4 Å². The van der Waals surface area contributed by atoms with Crippen LogP contribution in [0.2, 0.25) is 0 Å². The zero-order valence-corrected chi connectivity index (χ0v) is 14.0.